The molecule has 0 atom stereocenters. The summed E-state index contributed by atoms with van der Waals surface area (Å²) >= 11 is 0. The van der Waals surface area contributed by atoms with Crippen molar-refractivity contribution < 1.29 is 22.1 Å². The predicted molar refractivity (Wildman–Crippen MR) is 66.3 cm³/mol. The minimum absolute atomic E-state index is 0.627. The summed E-state index contributed by atoms with van der Waals surface area (Å²) in [7, 11) is 2.09. The van der Waals surface area contributed by atoms with Crippen molar-refractivity contribution in [2.24, 2.45) is 0 Å². The first-order chi connectivity index (χ1) is 8.56. The monoisotopic (exact) mass is 276 g/mol. The van der Waals surface area contributed by atoms with Crippen molar-refractivity contribution >= 4 is 8.80 Å². The van der Waals surface area contributed by atoms with Gasteiger partial charge in [-0.05, 0) is 30.5 Å². The first-order valence-corrected chi connectivity index (χ1v) is 7.59. The van der Waals surface area contributed by atoms with Gasteiger partial charge < -0.3 is 13.3 Å². The molecule has 18 heavy (non-hydrogen) atoms. The molecule has 0 aromatic heterocycles. The molecule has 3 nitrogen and oxygen atoms in total. The molecule has 1 rings (SSSR count). The van der Waals surface area contributed by atoms with Crippen LogP contribution in [0.3, 0.4) is 0 Å². The highest BCUT2D eigenvalue weighted by molar-refractivity contribution is 6.60. The molecule has 1 aromatic rings. The fraction of sp³-hybridized carbons (Fsp3) is 0.500. The van der Waals surface area contributed by atoms with E-state index in [1.807, 2.05) is 0 Å². The van der Waals surface area contributed by atoms with Crippen LogP contribution in [0.25, 0.3) is 0 Å². The number of benzene rings is 1. The second kappa shape index (κ2) is 6.94. The summed E-state index contributed by atoms with van der Waals surface area (Å²) in [6.07, 6.45) is 1.36. The first kappa shape index (κ1) is 15.2. The molecule has 0 unspecified atom stereocenters. The van der Waals surface area contributed by atoms with Gasteiger partial charge in [-0.15, -0.1) is 0 Å². The molecule has 0 saturated carbocycles. The van der Waals surface area contributed by atoms with Gasteiger partial charge in [-0.3, -0.25) is 0 Å². The Balaban J connectivity index is 2.52. The highest BCUT2D eigenvalue weighted by Gasteiger charge is 2.36. The summed E-state index contributed by atoms with van der Waals surface area (Å²) in [6, 6.07) is 4.56. The van der Waals surface area contributed by atoms with E-state index in [1.54, 1.807) is 27.4 Å². The van der Waals surface area contributed by atoms with Crippen LogP contribution in [-0.4, -0.2) is 30.1 Å². The number of hydrogen-bond donors (Lipinski definition) is 0. The van der Waals surface area contributed by atoms with E-state index in [4.69, 9.17) is 13.3 Å². The van der Waals surface area contributed by atoms with E-state index in [1.165, 1.54) is 6.07 Å². The molecule has 0 radical (unpaired) electrons. The highest BCUT2D eigenvalue weighted by Crippen LogP contribution is 2.18. The van der Waals surface area contributed by atoms with Crippen molar-refractivity contribution in [1.82, 2.24) is 0 Å². The van der Waals surface area contributed by atoms with Crippen LogP contribution in [0.2, 0.25) is 6.04 Å². The Morgan fingerprint density at radius 2 is 1.61 bits per heavy atom. The standard InChI is InChI=1S/C12H18F2O3Si/c1-15-18(16-2,17-3)8-4-5-10-6-7-11(13)12(14)9-10/h6-7,9H,4-5,8H2,1-3H3. The maximum atomic E-state index is 13.0. The fourth-order valence-corrected chi connectivity index (χ4v) is 3.48. The summed E-state index contributed by atoms with van der Waals surface area (Å²) < 4.78 is 41.6. The average Bonchev–Trinajstić information content (AvgIpc) is 2.39. The fourth-order valence-electron chi connectivity index (χ4n) is 1.76. The molecule has 0 saturated heterocycles. The van der Waals surface area contributed by atoms with E-state index < -0.39 is 20.4 Å². The summed E-state index contributed by atoms with van der Waals surface area (Å²) in [5, 5.41) is 0. The smallest absolute Gasteiger partial charge is 0.377 e. The van der Waals surface area contributed by atoms with E-state index in [9.17, 15) is 8.78 Å². The zero-order valence-electron chi connectivity index (χ0n) is 10.8. The zero-order valence-corrected chi connectivity index (χ0v) is 11.8. The van der Waals surface area contributed by atoms with Crippen LogP contribution in [0.15, 0.2) is 18.2 Å². The average molecular weight is 276 g/mol. The molecular formula is C12H18F2O3Si. The molecule has 0 aliphatic heterocycles. The van der Waals surface area contributed by atoms with Crippen LogP contribution in [0, 0.1) is 11.6 Å². The zero-order chi connectivity index (χ0) is 13.6. The van der Waals surface area contributed by atoms with Gasteiger partial charge in [0.05, 0.1) is 0 Å². The Kier molecular flexibility index (Phi) is 5.87. The molecule has 0 spiro atoms. The van der Waals surface area contributed by atoms with Crippen molar-refractivity contribution in [2.45, 2.75) is 18.9 Å². The van der Waals surface area contributed by atoms with Crippen molar-refractivity contribution in [1.29, 1.82) is 0 Å². The molecule has 0 heterocycles. The molecule has 6 heteroatoms. The number of halogens is 2. The van der Waals surface area contributed by atoms with Crippen molar-refractivity contribution in [2.75, 3.05) is 21.3 Å². The Morgan fingerprint density at radius 1 is 1.00 bits per heavy atom. The third kappa shape index (κ3) is 3.84. The Bertz CT molecular complexity index is 375. The topological polar surface area (TPSA) is 27.7 Å². The second-order valence-electron chi connectivity index (χ2n) is 3.90. The molecular weight excluding hydrogens is 258 g/mol. The van der Waals surface area contributed by atoms with Gasteiger partial charge in [0.15, 0.2) is 11.6 Å². The molecule has 0 fully saturated rings. The van der Waals surface area contributed by atoms with Crippen LogP contribution in [-0.2, 0) is 19.7 Å². The SMILES string of the molecule is CO[Si](CCCc1ccc(F)c(F)c1)(OC)OC. The maximum Gasteiger partial charge on any atom is 0.500 e. The van der Waals surface area contributed by atoms with Crippen LogP contribution in [0.4, 0.5) is 8.78 Å². The summed E-state index contributed by atoms with van der Waals surface area (Å²) in [5.74, 6) is -1.64. The van der Waals surface area contributed by atoms with Crippen LogP contribution in [0.1, 0.15) is 12.0 Å². The van der Waals surface area contributed by atoms with E-state index in [2.05, 4.69) is 0 Å². The Hall–Kier alpha value is -0.823. The van der Waals surface area contributed by atoms with E-state index >= 15 is 0 Å². The van der Waals surface area contributed by atoms with E-state index in [0.717, 1.165) is 18.1 Å². The number of rotatable bonds is 7. The van der Waals surface area contributed by atoms with Gasteiger partial charge in [0.2, 0.25) is 0 Å². The molecule has 0 amide bonds. The van der Waals surface area contributed by atoms with Crippen LogP contribution in [0.5, 0.6) is 0 Å². The molecule has 0 aliphatic carbocycles. The molecule has 1 aromatic carbocycles. The van der Waals surface area contributed by atoms with Gasteiger partial charge in [0.1, 0.15) is 0 Å². The van der Waals surface area contributed by atoms with Crippen LogP contribution < -0.4 is 0 Å². The minimum atomic E-state index is -2.56. The van der Waals surface area contributed by atoms with Gasteiger partial charge in [0.25, 0.3) is 0 Å². The normalized spacial score (nSPS) is 11.8. The van der Waals surface area contributed by atoms with Crippen molar-refractivity contribution in [3.63, 3.8) is 0 Å². The largest absolute Gasteiger partial charge is 0.500 e. The first-order valence-electron chi connectivity index (χ1n) is 5.66. The summed E-state index contributed by atoms with van der Waals surface area (Å²) in [6.45, 7) is 0. The number of aryl methyl sites for hydroxylation is 1. The lowest BCUT2D eigenvalue weighted by atomic mass is 10.1. The van der Waals surface area contributed by atoms with Gasteiger partial charge in [-0.2, -0.15) is 0 Å². The van der Waals surface area contributed by atoms with Gasteiger partial charge in [-0.25, -0.2) is 8.78 Å². The predicted octanol–water partition coefficient (Wildman–Crippen LogP) is 2.78. The van der Waals surface area contributed by atoms with Gasteiger partial charge >= 0.3 is 8.80 Å². The lowest BCUT2D eigenvalue weighted by Crippen LogP contribution is -2.42. The summed E-state index contributed by atoms with van der Waals surface area (Å²) in [5.41, 5.74) is 0.750. The maximum absolute atomic E-state index is 13.0. The van der Waals surface area contributed by atoms with Crippen molar-refractivity contribution in [3.05, 3.63) is 35.4 Å². The molecule has 0 aliphatic rings. The van der Waals surface area contributed by atoms with Crippen molar-refractivity contribution in [3.8, 4) is 0 Å². The third-order valence-electron chi connectivity index (χ3n) is 2.87. The highest BCUT2D eigenvalue weighted by atomic mass is 28.4. The Morgan fingerprint density at radius 3 is 2.11 bits per heavy atom. The number of hydrogen-bond acceptors (Lipinski definition) is 3. The van der Waals surface area contributed by atoms with Gasteiger partial charge in [-0.1, -0.05) is 6.07 Å². The second-order valence-corrected chi connectivity index (χ2v) is 6.99. The third-order valence-corrected chi connectivity index (χ3v) is 5.70. The molecule has 0 N–H and O–H groups in total. The molecule has 0 bridgehead atoms. The van der Waals surface area contributed by atoms with Gasteiger partial charge in [0, 0.05) is 27.4 Å². The quantitative estimate of drug-likeness (QED) is 0.717. The molecule has 102 valence electrons. The lowest BCUT2D eigenvalue weighted by Gasteiger charge is -2.24. The minimum Gasteiger partial charge on any atom is -0.377 e. The van der Waals surface area contributed by atoms with E-state index in [0.29, 0.717) is 12.5 Å². The Labute approximate surface area is 107 Å². The lowest BCUT2D eigenvalue weighted by molar-refractivity contribution is 0.123. The van der Waals surface area contributed by atoms with Crippen LogP contribution >= 0.6 is 0 Å². The van der Waals surface area contributed by atoms with E-state index in [-0.39, 0.29) is 0 Å². The summed E-state index contributed by atoms with van der Waals surface area (Å²) in [4.78, 5) is 0.